The highest BCUT2D eigenvalue weighted by molar-refractivity contribution is 9.10. The van der Waals surface area contributed by atoms with E-state index in [9.17, 15) is 0 Å². The maximum absolute atomic E-state index is 5.71. The summed E-state index contributed by atoms with van der Waals surface area (Å²) in [6.07, 6.45) is 5.33. The van der Waals surface area contributed by atoms with E-state index >= 15 is 0 Å². The molecule has 1 atom stereocenters. The van der Waals surface area contributed by atoms with Crippen molar-refractivity contribution >= 4 is 27.6 Å². The van der Waals surface area contributed by atoms with Gasteiger partial charge in [-0.3, -0.25) is 0 Å². The van der Waals surface area contributed by atoms with Crippen LogP contribution < -0.4 is 11.1 Å². The van der Waals surface area contributed by atoms with Crippen molar-refractivity contribution in [2.45, 2.75) is 25.3 Å². The van der Waals surface area contributed by atoms with Crippen LogP contribution in [0.5, 0.6) is 0 Å². The van der Waals surface area contributed by atoms with E-state index < -0.39 is 0 Å². The first-order valence-electron chi connectivity index (χ1n) is 5.88. The second-order valence-corrected chi connectivity index (χ2v) is 5.23. The third-order valence-electron chi connectivity index (χ3n) is 3.24. The Balaban J connectivity index is 1.95. The zero-order valence-corrected chi connectivity index (χ0v) is 11.6. The van der Waals surface area contributed by atoms with Crippen LogP contribution in [0.25, 0.3) is 0 Å². The largest absolute Gasteiger partial charge is 0.383 e. The van der Waals surface area contributed by atoms with Gasteiger partial charge in [0.05, 0.1) is 0 Å². The van der Waals surface area contributed by atoms with Gasteiger partial charge in [-0.15, -0.1) is 0 Å². The third kappa shape index (κ3) is 3.07. The van der Waals surface area contributed by atoms with E-state index in [1.165, 1.54) is 32.1 Å². The van der Waals surface area contributed by atoms with Crippen LogP contribution in [-0.4, -0.2) is 41.0 Å². The number of likely N-dealkylation sites (N-methyl/N-ethyl adjacent to an activating group) is 1. The molecule has 2 rings (SSSR count). The number of anilines is 2. The lowest BCUT2D eigenvalue weighted by atomic mass is 10.0. The Kier molecular flexibility index (Phi) is 4.17. The molecule has 94 valence electrons. The molecule has 2 heterocycles. The Morgan fingerprint density at radius 3 is 3.12 bits per heavy atom. The molecule has 1 aromatic heterocycles. The van der Waals surface area contributed by atoms with Gasteiger partial charge in [0.2, 0.25) is 0 Å². The lowest BCUT2D eigenvalue weighted by Gasteiger charge is -2.32. The second-order valence-electron chi connectivity index (χ2n) is 4.43. The Morgan fingerprint density at radius 1 is 1.53 bits per heavy atom. The summed E-state index contributed by atoms with van der Waals surface area (Å²) in [5.74, 6) is 1.25. The lowest BCUT2D eigenvalue weighted by molar-refractivity contribution is 0.194. The number of aromatic nitrogens is 2. The van der Waals surface area contributed by atoms with Crippen LogP contribution in [0.1, 0.15) is 19.3 Å². The van der Waals surface area contributed by atoms with Crippen molar-refractivity contribution in [2.75, 3.05) is 31.2 Å². The van der Waals surface area contributed by atoms with E-state index in [0.717, 1.165) is 16.8 Å². The number of nitrogens with one attached hydrogen (secondary N) is 1. The predicted octanol–water partition coefficient (Wildman–Crippen LogP) is 1.72. The lowest BCUT2D eigenvalue weighted by Crippen LogP contribution is -2.40. The van der Waals surface area contributed by atoms with Gasteiger partial charge in [0, 0.05) is 12.6 Å². The summed E-state index contributed by atoms with van der Waals surface area (Å²) in [6.45, 7) is 2.07. The first-order valence-corrected chi connectivity index (χ1v) is 6.68. The summed E-state index contributed by atoms with van der Waals surface area (Å²) >= 11 is 3.39. The number of nitrogens with zero attached hydrogens (tertiary/aromatic N) is 3. The molecule has 5 nitrogen and oxygen atoms in total. The number of nitrogen functional groups attached to an aromatic ring is 1. The van der Waals surface area contributed by atoms with Gasteiger partial charge in [0.15, 0.2) is 0 Å². The summed E-state index contributed by atoms with van der Waals surface area (Å²) in [4.78, 5) is 10.5. The first kappa shape index (κ1) is 12.6. The van der Waals surface area contributed by atoms with Crippen LogP contribution in [0, 0.1) is 0 Å². The smallest absolute Gasteiger partial charge is 0.145 e. The fourth-order valence-electron chi connectivity index (χ4n) is 2.12. The highest BCUT2D eigenvalue weighted by Gasteiger charge is 2.19. The number of likely N-dealkylation sites (tertiary alicyclic amines) is 1. The molecule has 0 bridgehead atoms. The number of piperidine rings is 1. The van der Waals surface area contributed by atoms with E-state index in [2.05, 4.69) is 43.2 Å². The highest BCUT2D eigenvalue weighted by atomic mass is 79.9. The minimum atomic E-state index is 0.472. The SMILES string of the molecule is CN1CCCCC1CNc1ncnc(N)c1Br. The Labute approximate surface area is 110 Å². The molecule has 17 heavy (non-hydrogen) atoms. The van der Waals surface area contributed by atoms with E-state index in [-0.39, 0.29) is 0 Å². The molecule has 0 saturated carbocycles. The fraction of sp³-hybridized carbons (Fsp3) is 0.636. The van der Waals surface area contributed by atoms with Gasteiger partial charge in [0.1, 0.15) is 22.4 Å². The van der Waals surface area contributed by atoms with Gasteiger partial charge in [-0.2, -0.15) is 0 Å². The van der Waals surface area contributed by atoms with E-state index in [4.69, 9.17) is 5.73 Å². The highest BCUT2D eigenvalue weighted by Crippen LogP contribution is 2.24. The van der Waals surface area contributed by atoms with Crippen LogP contribution in [0.4, 0.5) is 11.6 Å². The molecule has 1 saturated heterocycles. The number of halogens is 1. The summed E-state index contributed by atoms with van der Waals surface area (Å²) in [6, 6.07) is 0.576. The van der Waals surface area contributed by atoms with Crippen LogP contribution in [0.2, 0.25) is 0 Å². The van der Waals surface area contributed by atoms with Crippen LogP contribution in [0.3, 0.4) is 0 Å². The normalized spacial score (nSPS) is 21.4. The summed E-state index contributed by atoms with van der Waals surface area (Å²) in [5.41, 5.74) is 5.71. The maximum atomic E-state index is 5.71. The zero-order valence-electron chi connectivity index (χ0n) is 9.99. The summed E-state index contributed by atoms with van der Waals surface area (Å²) < 4.78 is 0.749. The molecule has 3 N–H and O–H groups in total. The third-order valence-corrected chi connectivity index (χ3v) is 4.02. The molecule has 0 spiro atoms. The molecule has 1 fully saturated rings. The topological polar surface area (TPSA) is 67.1 Å². The average molecular weight is 300 g/mol. The molecule has 1 aromatic rings. The molecule has 0 aromatic carbocycles. The van der Waals surface area contributed by atoms with Gasteiger partial charge < -0.3 is 16.0 Å². The molecule has 0 aliphatic carbocycles. The van der Waals surface area contributed by atoms with Crippen LogP contribution >= 0.6 is 15.9 Å². The monoisotopic (exact) mass is 299 g/mol. The van der Waals surface area contributed by atoms with E-state index in [1.807, 2.05) is 0 Å². The average Bonchev–Trinajstić information content (AvgIpc) is 2.33. The van der Waals surface area contributed by atoms with Crippen molar-refractivity contribution in [2.24, 2.45) is 0 Å². The van der Waals surface area contributed by atoms with Crippen LogP contribution in [-0.2, 0) is 0 Å². The zero-order chi connectivity index (χ0) is 12.3. The quantitative estimate of drug-likeness (QED) is 0.889. The Bertz CT molecular complexity index is 384. The molecule has 1 unspecified atom stereocenters. The second kappa shape index (κ2) is 5.64. The number of hydrogen-bond donors (Lipinski definition) is 2. The Morgan fingerprint density at radius 2 is 2.35 bits per heavy atom. The molecular formula is C11H18BrN5. The minimum absolute atomic E-state index is 0.472. The van der Waals surface area contributed by atoms with Crippen molar-refractivity contribution < 1.29 is 0 Å². The fourth-order valence-corrected chi connectivity index (χ4v) is 2.47. The maximum Gasteiger partial charge on any atom is 0.145 e. The van der Waals surface area contributed by atoms with Crippen LogP contribution in [0.15, 0.2) is 10.8 Å². The van der Waals surface area contributed by atoms with Crippen molar-refractivity contribution in [3.63, 3.8) is 0 Å². The first-order chi connectivity index (χ1) is 8.18. The predicted molar refractivity (Wildman–Crippen MR) is 72.9 cm³/mol. The molecule has 0 amide bonds. The standard InChI is InChI=1S/C11H18BrN5/c1-17-5-3-2-4-8(17)6-14-11-9(12)10(13)15-7-16-11/h7-8H,2-6H2,1H3,(H3,13,14,15,16). The van der Waals surface area contributed by atoms with Gasteiger partial charge in [-0.1, -0.05) is 6.42 Å². The molecule has 0 radical (unpaired) electrons. The molecule has 1 aliphatic rings. The van der Waals surface area contributed by atoms with Gasteiger partial charge in [-0.05, 0) is 42.4 Å². The van der Waals surface area contributed by atoms with Crippen molar-refractivity contribution in [1.29, 1.82) is 0 Å². The minimum Gasteiger partial charge on any atom is -0.383 e. The summed E-state index contributed by atoms with van der Waals surface area (Å²) in [7, 11) is 2.18. The van der Waals surface area contributed by atoms with E-state index in [0.29, 0.717) is 11.9 Å². The van der Waals surface area contributed by atoms with Crippen molar-refractivity contribution in [3.05, 3.63) is 10.8 Å². The molecule has 6 heteroatoms. The van der Waals surface area contributed by atoms with Crippen molar-refractivity contribution in [3.8, 4) is 0 Å². The van der Waals surface area contributed by atoms with Gasteiger partial charge in [-0.25, -0.2) is 9.97 Å². The number of hydrogen-bond acceptors (Lipinski definition) is 5. The van der Waals surface area contributed by atoms with Gasteiger partial charge >= 0.3 is 0 Å². The summed E-state index contributed by atoms with van der Waals surface area (Å²) in [5, 5.41) is 3.33. The molecule has 1 aliphatic heterocycles. The van der Waals surface area contributed by atoms with Gasteiger partial charge in [0.25, 0.3) is 0 Å². The number of nitrogens with two attached hydrogens (primary N) is 1. The number of rotatable bonds is 3. The molecular weight excluding hydrogens is 282 g/mol. The van der Waals surface area contributed by atoms with Crippen molar-refractivity contribution in [1.82, 2.24) is 14.9 Å². The van der Waals surface area contributed by atoms with E-state index in [1.54, 1.807) is 0 Å². The Hall–Kier alpha value is -0.880.